The van der Waals surface area contributed by atoms with E-state index in [1.54, 1.807) is 23.8 Å². The van der Waals surface area contributed by atoms with Gasteiger partial charge in [0, 0.05) is 16.0 Å². The van der Waals surface area contributed by atoms with Gasteiger partial charge in [-0.05, 0) is 45.0 Å². The Bertz CT molecular complexity index is 907. The van der Waals surface area contributed by atoms with Gasteiger partial charge in [-0.2, -0.15) is 5.10 Å². The minimum Gasteiger partial charge on any atom is -0.481 e. The molecule has 1 unspecified atom stereocenters. The Kier molecular flexibility index (Phi) is 4.43. The Balaban J connectivity index is 2.14. The number of aliphatic carboxylic acids is 1. The number of nitrogens with zero attached hydrogens (tertiary/aromatic N) is 3. The fourth-order valence-electron chi connectivity index (χ4n) is 2.58. The van der Waals surface area contributed by atoms with Crippen LogP contribution in [0.3, 0.4) is 0 Å². The van der Waals surface area contributed by atoms with Gasteiger partial charge in [0.2, 0.25) is 10.4 Å². The molecule has 5 nitrogen and oxygen atoms in total. The summed E-state index contributed by atoms with van der Waals surface area (Å²) in [6, 6.07) is 6.32. The van der Waals surface area contributed by atoms with Crippen LogP contribution in [0.1, 0.15) is 26.5 Å². The molecule has 0 saturated carbocycles. The lowest BCUT2D eigenvalue weighted by Gasteiger charge is -2.22. The molecule has 0 radical (unpaired) electrons. The first-order chi connectivity index (χ1) is 11.8. The Morgan fingerprint density at radius 2 is 1.96 bits per heavy atom. The lowest BCUT2D eigenvalue weighted by atomic mass is 10.1. The van der Waals surface area contributed by atoms with E-state index in [-0.39, 0.29) is 17.8 Å². The molecular weight excluding hydrogens is 341 g/mol. The molecule has 1 N–H and O–H groups in total. The van der Waals surface area contributed by atoms with Crippen molar-refractivity contribution in [3.63, 3.8) is 0 Å². The van der Waals surface area contributed by atoms with Crippen LogP contribution >= 0.6 is 10.5 Å². The van der Waals surface area contributed by atoms with Crippen LogP contribution in [-0.2, 0) is 16.8 Å². The molecule has 7 heteroatoms. The number of hydrogen-bond donors (Lipinski definition) is 1. The topological polar surface area (TPSA) is 68.0 Å². The fourth-order valence-corrected chi connectivity index (χ4v) is 4.17. The van der Waals surface area contributed by atoms with Crippen molar-refractivity contribution in [3.05, 3.63) is 52.9 Å². The van der Waals surface area contributed by atoms with Gasteiger partial charge in [-0.1, -0.05) is 0 Å². The first-order valence-corrected chi connectivity index (χ1v) is 9.14. The zero-order valence-corrected chi connectivity index (χ0v) is 15.0. The fraction of sp³-hybridized carbons (Fsp3) is 0.278. The second-order valence-corrected chi connectivity index (χ2v) is 8.36. The van der Waals surface area contributed by atoms with Crippen molar-refractivity contribution in [2.75, 3.05) is 0 Å². The van der Waals surface area contributed by atoms with Crippen LogP contribution < -0.4 is 0 Å². The summed E-state index contributed by atoms with van der Waals surface area (Å²) in [6.07, 6.45) is 1.69. The van der Waals surface area contributed by atoms with Gasteiger partial charge >= 0.3 is 5.97 Å². The standard InChI is InChI=1S/C18H18FN3O2S/c1-18(2,3)22-17(12-4-6-13(19)7-5-12)15(9-21-22)25-10-14(20-11-25)8-16(23)24/h4-7,9-11H,8H2,1-3H3/p+1. The number of thiazole rings is 1. The number of carbonyl (C=O) groups is 1. The molecule has 0 amide bonds. The van der Waals surface area contributed by atoms with Crippen molar-refractivity contribution >= 4 is 16.4 Å². The highest BCUT2D eigenvalue weighted by molar-refractivity contribution is 7.37. The van der Waals surface area contributed by atoms with E-state index in [1.165, 1.54) is 12.1 Å². The van der Waals surface area contributed by atoms with Gasteiger partial charge in [0.05, 0.1) is 12.0 Å². The molecule has 2 aromatic heterocycles. The lowest BCUT2D eigenvalue weighted by Crippen LogP contribution is -2.24. The van der Waals surface area contributed by atoms with E-state index in [4.69, 9.17) is 5.11 Å². The van der Waals surface area contributed by atoms with E-state index in [0.29, 0.717) is 5.69 Å². The maximum Gasteiger partial charge on any atom is 0.309 e. The van der Waals surface area contributed by atoms with Crippen LogP contribution in [0.5, 0.6) is 0 Å². The number of carboxylic acid groups (broad SMARTS) is 1. The third-order valence-corrected chi connectivity index (χ3v) is 5.34. The first kappa shape index (κ1) is 17.3. The SMILES string of the molecule is CC(C)(C)n1ncc(-[s+]2cnc(CC(=O)O)c2)c1-c1ccc(F)cc1. The highest BCUT2D eigenvalue weighted by atomic mass is 32.2. The second-order valence-electron chi connectivity index (χ2n) is 6.73. The maximum atomic E-state index is 13.3. The lowest BCUT2D eigenvalue weighted by molar-refractivity contribution is -0.136. The van der Waals surface area contributed by atoms with Crippen molar-refractivity contribution in [2.45, 2.75) is 32.7 Å². The molecule has 25 heavy (non-hydrogen) atoms. The smallest absolute Gasteiger partial charge is 0.309 e. The Labute approximate surface area is 147 Å². The molecule has 1 atom stereocenters. The van der Waals surface area contributed by atoms with Crippen LogP contribution in [0, 0.1) is 5.82 Å². The number of halogens is 1. The zero-order valence-electron chi connectivity index (χ0n) is 14.2. The second kappa shape index (κ2) is 6.40. The van der Waals surface area contributed by atoms with Gasteiger partial charge in [0.1, 0.15) is 23.4 Å². The molecule has 0 bridgehead atoms. The van der Waals surface area contributed by atoms with E-state index >= 15 is 0 Å². The van der Waals surface area contributed by atoms with Gasteiger partial charge in [0.15, 0.2) is 5.38 Å². The largest absolute Gasteiger partial charge is 0.481 e. The van der Waals surface area contributed by atoms with E-state index < -0.39 is 16.4 Å². The molecule has 0 aliphatic rings. The molecule has 0 fully saturated rings. The summed E-state index contributed by atoms with van der Waals surface area (Å²) in [4.78, 5) is 16.1. The number of rotatable bonds is 4. The van der Waals surface area contributed by atoms with Crippen LogP contribution in [0.4, 0.5) is 4.39 Å². The third-order valence-electron chi connectivity index (χ3n) is 3.67. The van der Waals surface area contributed by atoms with Crippen molar-refractivity contribution in [1.82, 2.24) is 14.8 Å². The highest BCUT2D eigenvalue weighted by Crippen LogP contribution is 2.40. The summed E-state index contributed by atoms with van der Waals surface area (Å²) in [5, 5.41) is 15.3. The van der Waals surface area contributed by atoms with Crippen LogP contribution in [0.2, 0.25) is 0 Å². The molecule has 1 aromatic carbocycles. The molecule has 3 aromatic rings. The Morgan fingerprint density at radius 3 is 2.56 bits per heavy atom. The molecule has 0 spiro atoms. The zero-order chi connectivity index (χ0) is 18.2. The molecule has 0 aliphatic carbocycles. The average Bonchev–Trinajstić information content (AvgIpc) is 3.13. The first-order valence-electron chi connectivity index (χ1n) is 7.79. The molecule has 3 rings (SSSR count). The minimum atomic E-state index is -0.905. The molecule has 0 aliphatic heterocycles. The molecule has 130 valence electrons. The number of carboxylic acids is 1. The minimum absolute atomic E-state index is 0.0979. The summed E-state index contributed by atoms with van der Waals surface area (Å²) in [5.74, 6) is -1.20. The highest BCUT2D eigenvalue weighted by Gasteiger charge is 2.28. The van der Waals surface area contributed by atoms with Gasteiger partial charge in [-0.15, -0.1) is 0 Å². The maximum absolute atomic E-state index is 13.3. The number of hydrogen-bond acceptors (Lipinski definition) is 3. The van der Waals surface area contributed by atoms with Crippen molar-refractivity contribution in [3.8, 4) is 16.2 Å². The number of aromatic nitrogens is 3. The molecule has 0 saturated heterocycles. The third kappa shape index (κ3) is 3.61. The quantitative estimate of drug-likeness (QED) is 0.708. The number of benzene rings is 1. The Morgan fingerprint density at radius 1 is 1.28 bits per heavy atom. The summed E-state index contributed by atoms with van der Waals surface area (Å²) in [5.41, 5.74) is 3.81. The van der Waals surface area contributed by atoms with Crippen LogP contribution in [0.15, 0.2) is 41.4 Å². The summed E-state index contributed by atoms with van der Waals surface area (Å²) in [7, 11) is -0.463. The Hall–Kier alpha value is -2.54. The van der Waals surface area contributed by atoms with Crippen LogP contribution in [-0.4, -0.2) is 25.8 Å². The van der Waals surface area contributed by atoms with Crippen molar-refractivity contribution < 1.29 is 14.3 Å². The van der Waals surface area contributed by atoms with E-state index in [2.05, 4.69) is 10.1 Å². The summed E-state index contributed by atoms with van der Waals surface area (Å²) >= 11 is 0. The van der Waals surface area contributed by atoms with Gasteiger partial charge < -0.3 is 5.11 Å². The normalized spacial score (nSPS) is 12.4. The van der Waals surface area contributed by atoms with Gasteiger partial charge in [0.25, 0.3) is 0 Å². The summed E-state index contributed by atoms with van der Waals surface area (Å²) < 4.78 is 15.2. The van der Waals surface area contributed by atoms with Crippen molar-refractivity contribution in [1.29, 1.82) is 0 Å². The van der Waals surface area contributed by atoms with Gasteiger partial charge in [-0.3, -0.25) is 9.48 Å². The van der Waals surface area contributed by atoms with Crippen LogP contribution in [0.25, 0.3) is 16.2 Å². The predicted octanol–water partition coefficient (Wildman–Crippen LogP) is 4.20. The monoisotopic (exact) mass is 360 g/mol. The van der Waals surface area contributed by atoms with E-state index in [0.717, 1.165) is 16.2 Å². The predicted molar refractivity (Wildman–Crippen MR) is 95.6 cm³/mol. The molecular formula is C18H19FN3O2S+. The van der Waals surface area contributed by atoms with E-state index in [1.807, 2.05) is 30.8 Å². The molecule has 2 heterocycles. The van der Waals surface area contributed by atoms with Crippen molar-refractivity contribution in [2.24, 2.45) is 0 Å². The summed E-state index contributed by atoms with van der Waals surface area (Å²) in [6.45, 7) is 6.15. The van der Waals surface area contributed by atoms with Gasteiger partial charge in [-0.25, -0.2) is 9.37 Å². The average molecular weight is 360 g/mol. The van der Waals surface area contributed by atoms with E-state index in [9.17, 15) is 9.18 Å².